The summed E-state index contributed by atoms with van der Waals surface area (Å²) in [5.74, 6) is 2.02. The van der Waals surface area contributed by atoms with Crippen LogP contribution in [0, 0.1) is 19.3 Å². The van der Waals surface area contributed by atoms with Crippen molar-refractivity contribution >= 4 is 5.97 Å². The third-order valence-electron chi connectivity index (χ3n) is 1.20. The first kappa shape index (κ1) is 10.0. The van der Waals surface area contributed by atoms with Gasteiger partial charge in [-0.15, -0.1) is 6.42 Å². The van der Waals surface area contributed by atoms with Gasteiger partial charge in [0.05, 0.1) is 0 Å². The lowest BCUT2D eigenvalue weighted by Crippen LogP contribution is -2.03. The van der Waals surface area contributed by atoms with Crippen molar-refractivity contribution in [1.82, 2.24) is 0 Å². The number of hydrogen-bond donors (Lipinski definition) is 0. The van der Waals surface area contributed by atoms with Crippen LogP contribution in [0.4, 0.5) is 0 Å². The molecule has 0 aromatic rings. The van der Waals surface area contributed by atoms with Gasteiger partial charge in [0.2, 0.25) is 0 Å². The molecule has 0 saturated heterocycles. The van der Waals surface area contributed by atoms with Crippen LogP contribution in [0.1, 0.15) is 25.7 Å². The molecule has 2 nitrogen and oxygen atoms in total. The van der Waals surface area contributed by atoms with Gasteiger partial charge in [0.1, 0.15) is 0 Å². The lowest BCUT2D eigenvalue weighted by atomic mass is 10.2. The van der Waals surface area contributed by atoms with Crippen LogP contribution in [0.5, 0.6) is 0 Å². The maximum absolute atomic E-state index is 10.7. The second-order valence-corrected chi connectivity index (χ2v) is 2.18. The van der Waals surface area contributed by atoms with E-state index in [2.05, 4.69) is 17.6 Å². The highest BCUT2D eigenvalue weighted by atomic mass is 16.5. The van der Waals surface area contributed by atoms with E-state index in [0.29, 0.717) is 6.42 Å². The number of unbranched alkanes of at least 4 members (excludes halogenated alkanes) is 2. The molecule has 0 atom stereocenters. The van der Waals surface area contributed by atoms with Gasteiger partial charge in [0.15, 0.2) is 6.61 Å². The van der Waals surface area contributed by atoms with Crippen LogP contribution in [0.3, 0.4) is 0 Å². The molecular weight excluding hydrogens is 140 g/mol. The topological polar surface area (TPSA) is 26.3 Å². The second kappa shape index (κ2) is 7.14. The van der Waals surface area contributed by atoms with E-state index in [0.717, 1.165) is 19.3 Å². The number of hydrogen-bond acceptors (Lipinski definition) is 2. The third kappa shape index (κ3) is 6.92. The Morgan fingerprint density at radius 1 is 1.55 bits per heavy atom. The van der Waals surface area contributed by atoms with Crippen molar-refractivity contribution in [3.8, 4) is 12.3 Å². The van der Waals surface area contributed by atoms with Crippen molar-refractivity contribution in [2.75, 3.05) is 6.61 Å². The zero-order valence-corrected chi connectivity index (χ0v) is 6.64. The Morgan fingerprint density at radius 3 is 2.82 bits per heavy atom. The molecule has 0 spiro atoms. The first-order valence-corrected chi connectivity index (χ1v) is 3.69. The summed E-state index contributed by atoms with van der Waals surface area (Å²) in [6.45, 7) is 3.75. The standard InChI is InChI=1S/C9H13O2/c1-3-5-6-7-9(10)11-8-4-2/h2H,1,3,5-8H2. The molecule has 61 valence electrons. The van der Waals surface area contributed by atoms with Gasteiger partial charge in [0, 0.05) is 6.42 Å². The van der Waals surface area contributed by atoms with E-state index >= 15 is 0 Å². The second-order valence-electron chi connectivity index (χ2n) is 2.18. The number of carbonyl (C=O) groups excluding carboxylic acids is 1. The zero-order chi connectivity index (χ0) is 8.53. The summed E-state index contributed by atoms with van der Waals surface area (Å²) in [6, 6.07) is 0. The summed E-state index contributed by atoms with van der Waals surface area (Å²) in [7, 11) is 0. The van der Waals surface area contributed by atoms with Gasteiger partial charge in [-0.1, -0.05) is 25.7 Å². The normalized spacial score (nSPS) is 8.73. The Morgan fingerprint density at radius 2 is 2.27 bits per heavy atom. The van der Waals surface area contributed by atoms with Gasteiger partial charge >= 0.3 is 5.97 Å². The quantitative estimate of drug-likeness (QED) is 0.340. The lowest BCUT2D eigenvalue weighted by Gasteiger charge is -1.98. The number of ether oxygens (including phenoxy) is 1. The summed E-state index contributed by atoms with van der Waals surface area (Å²) in [5.41, 5.74) is 0. The predicted octanol–water partition coefficient (Wildman–Crippen LogP) is 1.56. The molecule has 2 heteroatoms. The van der Waals surface area contributed by atoms with Crippen molar-refractivity contribution in [1.29, 1.82) is 0 Å². The summed E-state index contributed by atoms with van der Waals surface area (Å²) in [6.07, 6.45) is 8.02. The minimum absolute atomic E-state index is 0.0865. The predicted molar refractivity (Wildman–Crippen MR) is 43.6 cm³/mol. The smallest absolute Gasteiger partial charge is 0.306 e. The molecule has 0 saturated carbocycles. The minimum atomic E-state index is -0.212. The van der Waals surface area contributed by atoms with Gasteiger partial charge in [-0.3, -0.25) is 4.79 Å². The van der Waals surface area contributed by atoms with Crippen molar-refractivity contribution in [3.63, 3.8) is 0 Å². The Hall–Kier alpha value is -0.970. The van der Waals surface area contributed by atoms with Crippen molar-refractivity contribution in [3.05, 3.63) is 6.92 Å². The molecule has 1 radical (unpaired) electrons. The molecule has 0 bridgehead atoms. The SMILES string of the molecule is C#CCOC(=O)CCCC[CH2]. The van der Waals surface area contributed by atoms with Gasteiger partial charge in [0.25, 0.3) is 0 Å². The van der Waals surface area contributed by atoms with Crippen LogP contribution in [-0.2, 0) is 9.53 Å². The van der Waals surface area contributed by atoms with Gasteiger partial charge in [-0.25, -0.2) is 0 Å². The molecule has 11 heavy (non-hydrogen) atoms. The summed E-state index contributed by atoms with van der Waals surface area (Å²) in [4.78, 5) is 10.7. The van der Waals surface area contributed by atoms with E-state index in [-0.39, 0.29) is 12.6 Å². The Bertz CT molecular complexity index is 144. The van der Waals surface area contributed by atoms with Crippen molar-refractivity contribution < 1.29 is 9.53 Å². The monoisotopic (exact) mass is 153 g/mol. The summed E-state index contributed by atoms with van der Waals surface area (Å²) >= 11 is 0. The number of esters is 1. The van der Waals surface area contributed by atoms with Crippen LogP contribution < -0.4 is 0 Å². The lowest BCUT2D eigenvalue weighted by molar-refractivity contribution is -0.142. The van der Waals surface area contributed by atoms with E-state index in [4.69, 9.17) is 6.42 Å². The van der Waals surface area contributed by atoms with Crippen LogP contribution in [0.15, 0.2) is 0 Å². The molecule has 0 heterocycles. The third-order valence-corrected chi connectivity index (χ3v) is 1.20. The molecule has 0 aromatic heterocycles. The highest BCUT2D eigenvalue weighted by Crippen LogP contribution is 1.99. The average molecular weight is 153 g/mol. The maximum atomic E-state index is 10.7. The Balaban J connectivity index is 3.17. The molecule has 0 amide bonds. The van der Waals surface area contributed by atoms with E-state index in [1.165, 1.54) is 0 Å². The van der Waals surface area contributed by atoms with Crippen molar-refractivity contribution in [2.45, 2.75) is 25.7 Å². The largest absolute Gasteiger partial charge is 0.452 e. The molecule has 0 N–H and O–H groups in total. The average Bonchev–Trinajstić information content (AvgIpc) is 2.01. The van der Waals surface area contributed by atoms with Crippen molar-refractivity contribution in [2.24, 2.45) is 0 Å². The highest BCUT2D eigenvalue weighted by Gasteiger charge is 1.99. The van der Waals surface area contributed by atoms with E-state index < -0.39 is 0 Å². The fraction of sp³-hybridized carbons (Fsp3) is 0.556. The van der Waals surface area contributed by atoms with Crippen LogP contribution in [0.2, 0.25) is 0 Å². The summed E-state index contributed by atoms with van der Waals surface area (Å²) in [5, 5.41) is 0. The first-order valence-electron chi connectivity index (χ1n) is 3.69. The molecule has 0 aliphatic rings. The zero-order valence-electron chi connectivity index (χ0n) is 6.64. The molecule has 0 aliphatic carbocycles. The summed E-state index contributed by atoms with van der Waals surface area (Å²) < 4.78 is 4.64. The van der Waals surface area contributed by atoms with E-state index in [9.17, 15) is 4.79 Å². The van der Waals surface area contributed by atoms with E-state index in [1.54, 1.807) is 0 Å². The fourth-order valence-corrected chi connectivity index (χ4v) is 0.640. The maximum Gasteiger partial charge on any atom is 0.306 e. The van der Waals surface area contributed by atoms with E-state index in [1.807, 2.05) is 0 Å². The van der Waals surface area contributed by atoms with Crippen LogP contribution >= 0.6 is 0 Å². The molecular formula is C9H13O2. The molecule has 0 unspecified atom stereocenters. The Kier molecular flexibility index (Phi) is 6.51. The number of rotatable bonds is 5. The van der Waals surface area contributed by atoms with Gasteiger partial charge < -0.3 is 4.74 Å². The molecule has 0 aliphatic heterocycles. The Labute approximate surface area is 67.9 Å². The van der Waals surface area contributed by atoms with Crippen LogP contribution in [-0.4, -0.2) is 12.6 Å². The van der Waals surface area contributed by atoms with Crippen LogP contribution in [0.25, 0.3) is 0 Å². The molecule has 0 fully saturated rings. The molecule has 0 aromatic carbocycles. The highest BCUT2D eigenvalue weighted by molar-refractivity contribution is 5.69. The first-order chi connectivity index (χ1) is 5.31. The fourth-order valence-electron chi connectivity index (χ4n) is 0.640. The molecule has 0 rings (SSSR count). The minimum Gasteiger partial charge on any atom is -0.452 e. The number of carbonyl (C=O) groups is 1. The van der Waals surface area contributed by atoms with Gasteiger partial charge in [-0.05, 0) is 6.42 Å². The number of terminal acetylenes is 1. The van der Waals surface area contributed by atoms with Gasteiger partial charge in [-0.2, -0.15) is 0 Å².